The SMILES string of the molecule is CCCC(=N)CCn1ncc2cc(-c3c[c]c(C)cc3)ccc21. The molecule has 0 bridgehead atoms. The fourth-order valence-electron chi connectivity index (χ4n) is 2.79. The minimum atomic E-state index is 0.777. The van der Waals surface area contributed by atoms with E-state index in [0.717, 1.165) is 48.0 Å². The van der Waals surface area contributed by atoms with Gasteiger partial charge in [-0.1, -0.05) is 31.5 Å². The van der Waals surface area contributed by atoms with Crippen molar-refractivity contribution in [3.63, 3.8) is 0 Å². The van der Waals surface area contributed by atoms with E-state index in [0.29, 0.717) is 0 Å². The van der Waals surface area contributed by atoms with Crippen LogP contribution in [0.5, 0.6) is 0 Å². The summed E-state index contributed by atoms with van der Waals surface area (Å²) in [5.41, 5.74) is 5.45. The lowest BCUT2D eigenvalue weighted by Gasteiger charge is -2.06. The zero-order chi connectivity index (χ0) is 16.2. The summed E-state index contributed by atoms with van der Waals surface area (Å²) in [6.07, 6.45) is 4.61. The van der Waals surface area contributed by atoms with Gasteiger partial charge >= 0.3 is 0 Å². The number of hydrogen-bond donors (Lipinski definition) is 1. The first kappa shape index (κ1) is 15.5. The van der Waals surface area contributed by atoms with Crippen molar-refractivity contribution in [3.8, 4) is 11.1 Å². The van der Waals surface area contributed by atoms with E-state index in [4.69, 9.17) is 5.41 Å². The Labute approximate surface area is 137 Å². The maximum atomic E-state index is 7.92. The summed E-state index contributed by atoms with van der Waals surface area (Å²) >= 11 is 0. The van der Waals surface area contributed by atoms with Crippen LogP contribution in [0.4, 0.5) is 0 Å². The normalized spacial score (nSPS) is 11.0. The number of nitrogens with zero attached hydrogens (tertiary/aromatic N) is 2. The van der Waals surface area contributed by atoms with Gasteiger partial charge in [-0.15, -0.1) is 0 Å². The van der Waals surface area contributed by atoms with Gasteiger partial charge in [0.15, 0.2) is 0 Å². The summed E-state index contributed by atoms with van der Waals surface area (Å²) in [4.78, 5) is 0. The Bertz CT molecular complexity index is 813. The third-order valence-corrected chi connectivity index (χ3v) is 4.12. The number of fused-ring (bicyclic) bond motifs is 1. The van der Waals surface area contributed by atoms with Crippen molar-refractivity contribution in [2.45, 2.75) is 39.7 Å². The molecule has 23 heavy (non-hydrogen) atoms. The van der Waals surface area contributed by atoms with Gasteiger partial charge in [0.25, 0.3) is 0 Å². The Morgan fingerprint density at radius 1 is 1.17 bits per heavy atom. The third-order valence-electron chi connectivity index (χ3n) is 4.12. The molecule has 1 aromatic heterocycles. The quantitative estimate of drug-likeness (QED) is 0.638. The average Bonchev–Trinajstić information content (AvgIpc) is 2.96. The second-order valence-electron chi connectivity index (χ2n) is 6.01. The summed E-state index contributed by atoms with van der Waals surface area (Å²) in [7, 11) is 0. The number of aromatic nitrogens is 2. The first-order chi connectivity index (χ1) is 11.2. The number of rotatable bonds is 6. The number of aryl methyl sites for hydroxylation is 2. The molecule has 0 saturated heterocycles. The standard InChI is InChI=1S/C20H22N3/c1-3-4-19(21)11-12-23-20-10-9-17(13-18(20)14-22-23)16-7-5-15(2)6-8-16/h5,7-10,13-14,21H,3-4,11-12H2,1-2H3. The Kier molecular flexibility index (Phi) is 4.56. The van der Waals surface area contributed by atoms with Crippen molar-refractivity contribution in [3.05, 3.63) is 54.2 Å². The van der Waals surface area contributed by atoms with Gasteiger partial charge in [-0.25, -0.2) is 0 Å². The van der Waals surface area contributed by atoms with E-state index >= 15 is 0 Å². The number of hydrogen-bond acceptors (Lipinski definition) is 2. The van der Waals surface area contributed by atoms with Gasteiger partial charge < -0.3 is 5.41 Å². The molecule has 3 aromatic rings. The van der Waals surface area contributed by atoms with Crippen LogP contribution in [0.1, 0.15) is 31.7 Å². The van der Waals surface area contributed by atoms with Crippen LogP contribution < -0.4 is 0 Å². The fraction of sp³-hybridized carbons (Fsp3) is 0.300. The van der Waals surface area contributed by atoms with Crippen LogP contribution in [0, 0.1) is 18.4 Å². The summed E-state index contributed by atoms with van der Waals surface area (Å²) in [6, 6.07) is 15.9. The summed E-state index contributed by atoms with van der Waals surface area (Å²) in [6.45, 7) is 4.94. The molecule has 2 aromatic carbocycles. The van der Waals surface area contributed by atoms with Crippen LogP contribution >= 0.6 is 0 Å². The van der Waals surface area contributed by atoms with Gasteiger partial charge in [-0.2, -0.15) is 5.10 Å². The molecule has 1 heterocycles. The minimum absolute atomic E-state index is 0.777. The topological polar surface area (TPSA) is 41.7 Å². The molecule has 117 valence electrons. The Morgan fingerprint density at radius 2 is 2.00 bits per heavy atom. The maximum Gasteiger partial charge on any atom is 0.0682 e. The highest BCUT2D eigenvalue weighted by molar-refractivity contribution is 5.85. The first-order valence-corrected chi connectivity index (χ1v) is 8.18. The highest BCUT2D eigenvalue weighted by atomic mass is 15.3. The highest BCUT2D eigenvalue weighted by Gasteiger charge is 2.06. The maximum absolute atomic E-state index is 7.92. The van der Waals surface area contributed by atoms with Gasteiger partial charge in [-0.3, -0.25) is 4.68 Å². The molecule has 0 amide bonds. The van der Waals surface area contributed by atoms with E-state index in [1.807, 2.05) is 23.9 Å². The predicted octanol–water partition coefficient (Wildman–Crippen LogP) is 5.02. The first-order valence-electron chi connectivity index (χ1n) is 8.18. The molecule has 3 rings (SSSR count). The molecule has 0 aliphatic carbocycles. The van der Waals surface area contributed by atoms with Crippen molar-refractivity contribution >= 4 is 16.6 Å². The molecule has 3 nitrogen and oxygen atoms in total. The molecule has 0 unspecified atom stereocenters. The van der Waals surface area contributed by atoms with Gasteiger partial charge in [0.2, 0.25) is 0 Å². The summed E-state index contributed by atoms with van der Waals surface area (Å²) < 4.78 is 2.00. The van der Waals surface area contributed by atoms with Crippen molar-refractivity contribution < 1.29 is 0 Å². The van der Waals surface area contributed by atoms with Gasteiger partial charge in [0.05, 0.1) is 11.7 Å². The van der Waals surface area contributed by atoms with Crippen LogP contribution in [-0.2, 0) is 6.54 Å². The van der Waals surface area contributed by atoms with E-state index < -0.39 is 0 Å². The fourth-order valence-corrected chi connectivity index (χ4v) is 2.79. The average molecular weight is 304 g/mol. The molecule has 0 spiro atoms. The Hall–Kier alpha value is -2.42. The van der Waals surface area contributed by atoms with E-state index in [9.17, 15) is 0 Å². The zero-order valence-electron chi connectivity index (χ0n) is 13.8. The molecule has 3 heteroatoms. The lowest BCUT2D eigenvalue weighted by Crippen LogP contribution is -2.05. The molecular formula is C20H22N3. The van der Waals surface area contributed by atoms with E-state index in [1.54, 1.807) is 0 Å². The Morgan fingerprint density at radius 3 is 2.74 bits per heavy atom. The van der Waals surface area contributed by atoms with E-state index in [1.165, 1.54) is 11.1 Å². The summed E-state index contributed by atoms with van der Waals surface area (Å²) in [5.74, 6) is 0. The minimum Gasteiger partial charge on any atom is -0.310 e. The molecule has 0 atom stereocenters. The van der Waals surface area contributed by atoms with E-state index in [-0.39, 0.29) is 0 Å². The van der Waals surface area contributed by atoms with Gasteiger partial charge in [0.1, 0.15) is 0 Å². The number of benzene rings is 2. The molecule has 0 saturated carbocycles. The predicted molar refractivity (Wildman–Crippen MR) is 96.0 cm³/mol. The smallest absolute Gasteiger partial charge is 0.0682 e. The largest absolute Gasteiger partial charge is 0.310 e. The van der Waals surface area contributed by atoms with Crippen molar-refractivity contribution in [2.75, 3.05) is 0 Å². The molecule has 1 radical (unpaired) electrons. The Balaban J connectivity index is 1.82. The van der Waals surface area contributed by atoms with Crippen LogP contribution in [-0.4, -0.2) is 15.5 Å². The third kappa shape index (κ3) is 3.50. The van der Waals surface area contributed by atoms with Gasteiger partial charge in [0, 0.05) is 24.1 Å². The zero-order valence-corrected chi connectivity index (χ0v) is 13.8. The van der Waals surface area contributed by atoms with E-state index in [2.05, 4.69) is 48.4 Å². The molecule has 0 fully saturated rings. The second kappa shape index (κ2) is 6.78. The van der Waals surface area contributed by atoms with Crippen LogP contribution in [0.2, 0.25) is 0 Å². The van der Waals surface area contributed by atoms with Crippen LogP contribution in [0.15, 0.2) is 42.6 Å². The van der Waals surface area contributed by atoms with Crippen molar-refractivity contribution in [1.82, 2.24) is 9.78 Å². The number of nitrogens with one attached hydrogen (secondary N) is 1. The molecule has 0 aliphatic heterocycles. The highest BCUT2D eigenvalue weighted by Crippen LogP contribution is 2.24. The monoisotopic (exact) mass is 304 g/mol. The molecular weight excluding hydrogens is 282 g/mol. The lowest BCUT2D eigenvalue weighted by atomic mass is 10.0. The molecule has 0 aliphatic rings. The van der Waals surface area contributed by atoms with Crippen molar-refractivity contribution in [1.29, 1.82) is 5.41 Å². The lowest BCUT2D eigenvalue weighted by molar-refractivity contribution is 0.650. The van der Waals surface area contributed by atoms with Gasteiger partial charge in [-0.05, 0) is 54.3 Å². The molecule has 1 N–H and O–H groups in total. The van der Waals surface area contributed by atoms with Crippen molar-refractivity contribution in [2.24, 2.45) is 0 Å². The van der Waals surface area contributed by atoms with Crippen LogP contribution in [0.25, 0.3) is 22.0 Å². The van der Waals surface area contributed by atoms with Crippen LogP contribution in [0.3, 0.4) is 0 Å². The second-order valence-corrected chi connectivity index (χ2v) is 6.01. The summed E-state index contributed by atoms with van der Waals surface area (Å²) in [5, 5.41) is 13.6.